The molecule has 13 heteroatoms. The topological polar surface area (TPSA) is 236 Å². The van der Waals surface area contributed by atoms with Crippen molar-refractivity contribution in [3.8, 4) is 0 Å². The molecule has 0 fully saturated rings. The molecular weight excluding hydrogens is 518 g/mol. The van der Waals surface area contributed by atoms with Crippen molar-refractivity contribution in [2.45, 2.75) is 76.5 Å². The number of carboxylic acids is 1. The fourth-order valence-electron chi connectivity index (χ4n) is 4.15. The molecule has 0 saturated carbocycles. The zero-order chi connectivity index (χ0) is 29.8. The Balaban J connectivity index is 2.32. The molecule has 2 rings (SSSR count). The number of carboxylic acid groups (broad SMARTS) is 1. The number of H-pyrrole nitrogens is 1. The zero-order valence-electron chi connectivity index (χ0n) is 22.9. The number of aliphatic carboxylic acids is 1. The number of carbonyl (C=O) groups excluding carboxylic acids is 4. The van der Waals surface area contributed by atoms with Gasteiger partial charge in [-0.25, -0.2) is 4.79 Å². The Labute approximate surface area is 233 Å². The molecule has 0 aliphatic rings. The van der Waals surface area contributed by atoms with E-state index in [4.69, 9.17) is 17.2 Å². The zero-order valence-corrected chi connectivity index (χ0v) is 22.9. The van der Waals surface area contributed by atoms with Gasteiger partial charge in [-0.05, 0) is 49.8 Å². The third-order valence-electron chi connectivity index (χ3n) is 6.63. The quantitative estimate of drug-likeness (QED) is 0.119. The number of benzene rings is 1. The van der Waals surface area contributed by atoms with E-state index in [2.05, 4.69) is 20.9 Å². The number of amides is 4. The first-order valence-electron chi connectivity index (χ1n) is 13.4. The smallest absolute Gasteiger partial charge is 0.326 e. The highest BCUT2D eigenvalue weighted by Gasteiger charge is 2.31. The van der Waals surface area contributed by atoms with Gasteiger partial charge in [0.2, 0.25) is 23.6 Å². The predicted octanol–water partition coefficient (Wildman–Crippen LogP) is -0.373. The number of fused-ring (bicyclic) bond motifs is 1. The molecule has 1 heterocycles. The summed E-state index contributed by atoms with van der Waals surface area (Å²) in [7, 11) is 0. The Bertz CT molecular complexity index is 1180. The molecule has 2 aromatic rings. The van der Waals surface area contributed by atoms with Crippen molar-refractivity contribution < 1.29 is 29.1 Å². The van der Waals surface area contributed by atoms with Crippen molar-refractivity contribution in [2.75, 3.05) is 6.54 Å². The van der Waals surface area contributed by atoms with Gasteiger partial charge in [0.25, 0.3) is 0 Å². The van der Waals surface area contributed by atoms with Gasteiger partial charge in [0.15, 0.2) is 0 Å². The Morgan fingerprint density at radius 2 is 1.52 bits per heavy atom. The van der Waals surface area contributed by atoms with E-state index in [0.29, 0.717) is 24.9 Å². The van der Waals surface area contributed by atoms with Crippen LogP contribution in [-0.4, -0.2) is 70.4 Å². The van der Waals surface area contributed by atoms with E-state index < -0.39 is 53.8 Å². The molecule has 11 N–H and O–H groups in total. The highest BCUT2D eigenvalue weighted by atomic mass is 16.4. The number of nitrogens with two attached hydrogens (primary N) is 3. The Hall–Kier alpha value is -3.97. The molecule has 0 aliphatic carbocycles. The molecular formula is C27H41N7O6. The maximum atomic E-state index is 13.4. The summed E-state index contributed by atoms with van der Waals surface area (Å²) in [6, 6.07) is 2.97. The van der Waals surface area contributed by atoms with Crippen LogP contribution in [0.3, 0.4) is 0 Å². The number of primary amides is 1. The van der Waals surface area contributed by atoms with E-state index in [9.17, 15) is 29.1 Å². The van der Waals surface area contributed by atoms with Crippen LogP contribution in [0.25, 0.3) is 10.9 Å². The number of aromatic nitrogens is 1. The Kier molecular flexibility index (Phi) is 12.6. The van der Waals surface area contributed by atoms with Crippen molar-refractivity contribution in [1.82, 2.24) is 20.9 Å². The molecule has 0 spiro atoms. The van der Waals surface area contributed by atoms with Crippen molar-refractivity contribution in [3.05, 3.63) is 36.0 Å². The summed E-state index contributed by atoms with van der Waals surface area (Å²) >= 11 is 0. The molecule has 0 saturated heterocycles. The van der Waals surface area contributed by atoms with Gasteiger partial charge in [-0.1, -0.05) is 32.0 Å². The average molecular weight is 560 g/mol. The maximum Gasteiger partial charge on any atom is 0.326 e. The Morgan fingerprint density at radius 3 is 2.15 bits per heavy atom. The van der Waals surface area contributed by atoms with Gasteiger partial charge >= 0.3 is 5.97 Å². The molecule has 1 aromatic heterocycles. The lowest BCUT2D eigenvalue weighted by Gasteiger charge is -2.26. The normalized spacial score (nSPS) is 14.2. The van der Waals surface area contributed by atoms with Gasteiger partial charge < -0.3 is 43.2 Å². The van der Waals surface area contributed by atoms with Gasteiger partial charge in [0.1, 0.15) is 18.1 Å². The number of rotatable bonds is 17. The minimum atomic E-state index is -1.40. The number of carbonyl (C=O) groups is 5. The van der Waals surface area contributed by atoms with Crippen LogP contribution in [0.15, 0.2) is 30.5 Å². The second-order valence-electron chi connectivity index (χ2n) is 10.1. The van der Waals surface area contributed by atoms with Crippen molar-refractivity contribution in [2.24, 2.45) is 23.1 Å². The van der Waals surface area contributed by atoms with Crippen LogP contribution in [0.5, 0.6) is 0 Å². The van der Waals surface area contributed by atoms with Gasteiger partial charge in [-0.3, -0.25) is 19.2 Å². The largest absolute Gasteiger partial charge is 0.480 e. The van der Waals surface area contributed by atoms with Crippen LogP contribution < -0.4 is 33.2 Å². The first-order chi connectivity index (χ1) is 18.9. The van der Waals surface area contributed by atoms with Crippen LogP contribution in [0.1, 0.15) is 51.5 Å². The standard InChI is InChI=1S/C27H41N7O6/c1-15(2)23(30)26(38)32-19(9-5-6-12-28)24(36)34-21(13-16-14-31-18-8-4-3-7-17(16)18)25(37)33-20(27(39)40)10-11-22(29)35/h3-4,7-8,14-15,19-21,23,31H,5-6,9-13,28,30H2,1-2H3,(H2,29,35)(H,32,38)(H,33,37)(H,34,36)(H,39,40). The second kappa shape index (κ2) is 15.6. The van der Waals surface area contributed by atoms with Crippen molar-refractivity contribution >= 4 is 40.5 Å². The number of para-hydroxylation sites is 1. The van der Waals surface area contributed by atoms with Crippen LogP contribution in [0.2, 0.25) is 0 Å². The summed E-state index contributed by atoms with van der Waals surface area (Å²) in [5.41, 5.74) is 18.2. The van der Waals surface area contributed by atoms with E-state index in [1.165, 1.54) is 0 Å². The van der Waals surface area contributed by atoms with Crippen molar-refractivity contribution in [1.29, 1.82) is 0 Å². The minimum absolute atomic E-state index is 0.0265. The number of unbranched alkanes of at least 4 members (excludes halogenated alkanes) is 1. The minimum Gasteiger partial charge on any atom is -0.480 e. The number of nitrogens with one attached hydrogen (secondary N) is 4. The molecule has 4 atom stereocenters. The first-order valence-corrected chi connectivity index (χ1v) is 13.4. The fourth-order valence-corrected chi connectivity index (χ4v) is 4.15. The van der Waals surface area contributed by atoms with Crippen LogP contribution >= 0.6 is 0 Å². The number of hydrogen-bond acceptors (Lipinski definition) is 7. The molecule has 220 valence electrons. The number of aromatic amines is 1. The van der Waals surface area contributed by atoms with Crippen LogP contribution in [0, 0.1) is 5.92 Å². The van der Waals surface area contributed by atoms with Gasteiger partial charge in [-0.2, -0.15) is 0 Å². The summed E-state index contributed by atoms with van der Waals surface area (Å²) in [4.78, 5) is 65.5. The molecule has 1 aromatic carbocycles. The highest BCUT2D eigenvalue weighted by molar-refractivity contribution is 5.95. The molecule has 40 heavy (non-hydrogen) atoms. The van der Waals surface area contributed by atoms with Crippen LogP contribution in [0.4, 0.5) is 0 Å². The lowest BCUT2D eigenvalue weighted by atomic mass is 10.0. The summed E-state index contributed by atoms with van der Waals surface area (Å²) in [6.45, 7) is 3.97. The molecule has 4 unspecified atom stereocenters. The highest BCUT2D eigenvalue weighted by Crippen LogP contribution is 2.19. The summed E-state index contributed by atoms with van der Waals surface area (Å²) in [6.07, 6.45) is 2.70. The average Bonchev–Trinajstić information content (AvgIpc) is 3.31. The third-order valence-corrected chi connectivity index (χ3v) is 6.63. The molecule has 0 bridgehead atoms. The summed E-state index contributed by atoms with van der Waals surface area (Å²) < 4.78 is 0. The van der Waals surface area contributed by atoms with E-state index in [-0.39, 0.29) is 31.6 Å². The van der Waals surface area contributed by atoms with E-state index in [1.807, 2.05) is 24.3 Å². The van der Waals surface area contributed by atoms with E-state index in [0.717, 1.165) is 10.9 Å². The lowest BCUT2D eigenvalue weighted by molar-refractivity contribution is -0.142. The van der Waals surface area contributed by atoms with E-state index >= 15 is 0 Å². The summed E-state index contributed by atoms with van der Waals surface area (Å²) in [5, 5.41) is 18.2. The fraction of sp³-hybridized carbons (Fsp3) is 0.519. The van der Waals surface area contributed by atoms with Crippen LogP contribution in [-0.2, 0) is 30.4 Å². The SMILES string of the molecule is CC(C)C(N)C(=O)NC(CCCCN)C(=O)NC(Cc1c[nH]c2ccccc12)C(=O)NC(CCC(N)=O)C(=O)O. The number of hydrogen-bond donors (Lipinski definition) is 8. The first kappa shape index (κ1) is 32.2. The predicted molar refractivity (Wildman–Crippen MR) is 150 cm³/mol. The van der Waals surface area contributed by atoms with E-state index in [1.54, 1.807) is 20.0 Å². The molecule has 0 radical (unpaired) electrons. The van der Waals surface area contributed by atoms with Crippen molar-refractivity contribution in [3.63, 3.8) is 0 Å². The molecule has 13 nitrogen and oxygen atoms in total. The Morgan fingerprint density at radius 1 is 0.900 bits per heavy atom. The second-order valence-corrected chi connectivity index (χ2v) is 10.1. The van der Waals surface area contributed by atoms with Gasteiger partial charge in [0.05, 0.1) is 6.04 Å². The maximum absolute atomic E-state index is 13.4. The monoisotopic (exact) mass is 559 g/mol. The lowest BCUT2D eigenvalue weighted by Crippen LogP contribution is -2.58. The van der Waals surface area contributed by atoms with Gasteiger partial charge in [-0.15, -0.1) is 0 Å². The third kappa shape index (κ3) is 9.65. The summed E-state index contributed by atoms with van der Waals surface area (Å²) in [5.74, 6) is -4.10. The molecule has 4 amide bonds. The van der Waals surface area contributed by atoms with Gasteiger partial charge in [0, 0.05) is 29.9 Å². The molecule has 0 aliphatic heterocycles.